The molecule has 0 radical (unpaired) electrons. The Morgan fingerprint density at radius 2 is 1.87 bits per heavy atom. The Balaban J connectivity index is 2.00. The highest BCUT2D eigenvalue weighted by Crippen LogP contribution is 2.27. The lowest BCUT2D eigenvalue weighted by Crippen LogP contribution is -2.18. The van der Waals surface area contributed by atoms with Crippen molar-refractivity contribution >= 4 is 48.8 Å². The van der Waals surface area contributed by atoms with E-state index in [1.165, 1.54) is 6.07 Å². The third-order valence-electron chi connectivity index (χ3n) is 3.20. The van der Waals surface area contributed by atoms with Crippen LogP contribution in [0.1, 0.15) is 15.9 Å². The second kappa shape index (κ2) is 6.29. The molecule has 0 aliphatic carbocycles. The molecule has 0 aliphatic rings. The summed E-state index contributed by atoms with van der Waals surface area (Å²) in [4.78, 5) is 24.3. The smallest absolute Gasteiger partial charge is 0.351 e. The fourth-order valence-electron chi connectivity index (χ4n) is 2.08. The van der Waals surface area contributed by atoms with Gasteiger partial charge in [-0.15, -0.1) is 0 Å². The van der Waals surface area contributed by atoms with Crippen molar-refractivity contribution in [3.8, 4) is 5.75 Å². The van der Waals surface area contributed by atoms with Crippen LogP contribution in [0.25, 0.3) is 11.0 Å². The van der Waals surface area contributed by atoms with Crippen molar-refractivity contribution in [1.29, 1.82) is 0 Å². The molecule has 23 heavy (non-hydrogen) atoms. The van der Waals surface area contributed by atoms with Crippen LogP contribution < -0.4 is 10.4 Å². The number of esters is 1. The molecule has 0 saturated carbocycles. The van der Waals surface area contributed by atoms with Gasteiger partial charge in [0.25, 0.3) is 0 Å². The maximum absolute atomic E-state index is 12.3. The molecule has 1 aromatic heterocycles. The summed E-state index contributed by atoms with van der Waals surface area (Å²) < 4.78 is 11.9. The van der Waals surface area contributed by atoms with Gasteiger partial charge in [-0.3, -0.25) is 0 Å². The Bertz CT molecular complexity index is 976. The average molecular weight is 438 g/mol. The first kappa shape index (κ1) is 16.0. The monoisotopic (exact) mass is 436 g/mol. The molecule has 116 valence electrons. The van der Waals surface area contributed by atoms with Crippen LogP contribution in [0.3, 0.4) is 0 Å². The predicted molar refractivity (Wildman–Crippen MR) is 94.0 cm³/mol. The number of hydrogen-bond donors (Lipinski definition) is 0. The molecule has 3 aromatic rings. The van der Waals surface area contributed by atoms with Crippen LogP contribution in [0.5, 0.6) is 5.75 Å². The summed E-state index contributed by atoms with van der Waals surface area (Å²) in [5.41, 5.74) is 0.550. The summed E-state index contributed by atoms with van der Waals surface area (Å²) in [6.07, 6.45) is 0. The molecule has 0 unspecified atom stereocenters. The van der Waals surface area contributed by atoms with Gasteiger partial charge in [-0.2, -0.15) is 0 Å². The largest absolute Gasteiger partial charge is 0.422 e. The summed E-state index contributed by atoms with van der Waals surface area (Å²) in [7, 11) is 0. The van der Waals surface area contributed by atoms with E-state index in [4.69, 9.17) is 9.15 Å². The summed E-state index contributed by atoms with van der Waals surface area (Å²) in [5, 5.41) is 0.633. The Hall–Kier alpha value is -1.92. The molecule has 1 heterocycles. The number of hydrogen-bond acceptors (Lipinski definition) is 4. The molecule has 2 aromatic carbocycles. The molecular weight excluding hydrogens is 428 g/mol. The van der Waals surface area contributed by atoms with E-state index >= 15 is 0 Å². The molecule has 0 amide bonds. The molecule has 0 spiro atoms. The second-order valence-corrected chi connectivity index (χ2v) is 6.72. The zero-order valence-electron chi connectivity index (χ0n) is 11.9. The van der Waals surface area contributed by atoms with Gasteiger partial charge in [0, 0.05) is 9.86 Å². The van der Waals surface area contributed by atoms with Crippen molar-refractivity contribution in [2.45, 2.75) is 6.92 Å². The maximum Gasteiger partial charge on any atom is 0.351 e. The van der Waals surface area contributed by atoms with Crippen LogP contribution in [0, 0.1) is 6.92 Å². The van der Waals surface area contributed by atoms with Crippen molar-refractivity contribution in [3.63, 3.8) is 0 Å². The number of halogens is 2. The van der Waals surface area contributed by atoms with Crippen LogP contribution in [-0.2, 0) is 0 Å². The lowest BCUT2D eigenvalue weighted by Gasteiger charge is -2.07. The van der Waals surface area contributed by atoms with E-state index in [-0.39, 0.29) is 5.56 Å². The normalized spacial score (nSPS) is 10.7. The minimum Gasteiger partial charge on any atom is -0.422 e. The molecule has 6 heteroatoms. The third kappa shape index (κ3) is 3.38. The maximum atomic E-state index is 12.3. The quantitative estimate of drug-likeness (QED) is 0.327. The first-order valence-corrected chi connectivity index (χ1v) is 8.24. The second-order valence-electron chi connectivity index (χ2n) is 4.95. The van der Waals surface area contributed by atoms with E-state index in [2.05, 4.69) is 31.9 Å². The minimum absolute atomic E-state index is 0.150. The number of carbonyl (C=O) groups excluding carboxylic acids is 1. The van der Waals surface area contributed by atoms with Gasteiger partial charge in [0.1, 0.15) is 16.9 Å². The van der Waals surface area contributed by atoms with E-state index in [1.807, 2.05) is 19.1 Å². The van der Waals surface area contributed by atoms with Crippen molar-refractivity contribution < 1.29 is 13.9 Å². The SMILES string of the molecule is Cc1ccc(OC(=O)c2cc3cc(Br)ccc3oc2=O)c(Br)c1. The molecule has 0 fully saturated rings. The predicted octanol–water partition coefficient (Wildman–Crippen LogP) is 4.85. The molecule has 3 rings (SSSR count). The van der Waals surface area contributed by atoms with Gasteiger partial charge in [-0.05, 0) is 64.8 Å². The highest BCUT2D eigenvalue weighted by Gasteiger charge is 2.17. The van der Waals surface area contributed by atoms with Gasteiger partial charge in [-0.25, -0.2) is 9.59 Å². The molecule has 0 N–H and O–H groups in total. The van der Waals surface area contributed by atoms with Crippen LogP contribution >= 0.6 is 31.9 Å². The Kier molecular flexibility index (Phi) is 4.37. The fourth-order valence-corrected chi connectivity index (χ4v) is 3.03. The van der Waals surface area contributed by atoms with E-state index in [1.54, 1.807) is 24.3 Å². The third-order valence-corrected chi connectivity index (χ3v) is 4.32. The number of aryl methyl sites for hydroxylation is 1. The van der Waals surface area contributed by atoms with Gasteiger partial charge in [-0.1, -0.05) is 22.0 Å². The van der Waals surface area contributed by atoms with Crippen LogP contribution in [0.4, 0.5) is 0 Å². The van der Waals surface area contributed by atoms with E-state index < -0.39 is 11.6 Å². The van der Waals surface area contributed by atoms with E-state index in [9.17, 15) is 9.59 Å². The van der Waals surface area contributed by atoms with Crippen LogP contribution in [-0.4, -0.2) is 5.97 Å². The summed E-state index contributed by atoms with van der Waals surface area (Å²) in [6.45, 7) is 1.92. The van der Waals surface area contributed by atoms with E-state index in [0.29, 0.717) is 21.2 Å². The summed E-state index contributed by atoms with van der Waals surface area (Å²) in [5.74, 6) is -0.417. The zero-order valence-corrected chi connectivity index (χ0v) is 15.1. The molecule has 0 aliphatic heterocycles. The lowest BCUT2D eigenvalue weighted by atomic mass is 10.2. The number of carbonyl (C=O) groups is 1. The number of fused-ring (bicyclic) bond motifs is 1. The van der Waals surface area contributed by atoms with Crippen LogP contribution in [0.2, 0.25) is 0 Å². The van der Waals surface area contributed by atoms with Gasteiger partial charge >= 0.3 is 11.6 Å². The Labute approximate surface area is 148 Å². The standard InChI is InChI=1S/C17H10Br2O4/c1-9-2-4-15(13(19)6-9)23-17(21)12-8-10-7-11(18)3-5-14(10)22-16(12)20/h2-8H,1H3. The van der Waals surface area contributed by atoms with Crippen molar-refractivity contribution in [1.82, 2.24) is 0 Å². The minimum atomic E-state index is -0.759. The number of ether oxygens (including phenoxy) is 1. The van der Waals surface area contributed by atoms with Gasteiger partial charge in [0.2, 0.25) is 0 Å². The fraction of sp³-hybridized carbons (Fsp3) is 0.0588. The Morgan fingerprint density at radius 1 is 1.09 bits per heavy atom. The van der Waals surface area contributed by atoms with E-state index in [0.717, 1.165) is 10.0 Å². The molecule has 4 nitrogen and oxygen atoms in total. The average Bonchev–Trinajstić information content (AvgIpc) is 2.49. The molecular formula is C17H10Br2O4. The van der Waals surface area contributed by atoms with Crippen molar-refractivity contribution in [3.05, 3.63) is 73.0 Å². The molecule has 0 bridgehead atoms. The van der Waals surface area contributed by atoms with Crippen LogP contribution in [0.15, 0.2) is 60.6 Å². The topological polar surface area (TPSA) is 56.5 Å². The molecule has 0 saturated heterocycles. The van der Waals surface area contributed by atoms with Gasteiger partial charge in [0.05, 0.1) is 4.47 Å². The first-order chi connectivity index (χ1) is 10.9. The first-order valence-electron chi connectivity index (χ1n) is 6.66. The van der Waals surface area contributed by atoms with Crippen molar-refractivity contribution in [2.24, 2.45) is 0 Å². The lowest BCUT2D eigenvalue weighted by molar-refractivity contribution is 0.0729. The number of rotatable bonds is 2. The molecule has 0 atom stereocenters. The zero-order chi connectivity index (χ0) is 16.6. The van der Waals surface area contributed by atoms with Crippen molar-refractivity contribution in [2.75, 3.05) is 0 Å². The van der Waals surface area contributed by atoms with Gasteiger partial charge in [0.15, 0.2) is 0 Å². The van der Waals surface area contributed by atoms with Gasteiger partial charge < -0.3 is 9.15 Å². The summed E-state index contributed by atoms with van der Waals surface area (Å²) >= 11 is 6.67. The summed E-state index contributed by atoms with van der Waals surface area (Å²) in [6, 6.07) is 11.9. The highest BCUT2D eigenvalue weighted by molar-refractivity contribution is 9.10. The number of benzene rings is 2. The highest BCUT2D eigenvalue weighted by atomic mass is 79.9. The Morgan fingerprint density at radius 3 is 2.61 bits per heavy atom.